The molecule has 0 fully saturated rings. The summed E-state index contributed by atoms with van der Waals surface area (Å²) < 4.78 is 0. The number of hydrogen-bond acceptors (Lipinski definition) is 2. The molecule has 2 heteroatoms. The van der Waals surface area contributed by atoms with Crippen molar-refractivity contribution in [2.45, 2.75) is 26.3 Å². The van der Waals surface area contributed by atoms with E-state index < -0.39 is 0 Å². The third kappa shape index (κ3) is 2.22. The predicted molar refractivity (Wildman–Crippen MR) is 55.0 cm³/mol. The lowest BCUT2D eigenvalue weighted by atomic mass is 10.0. The summed E-state index contributed by atoms with van der Waals surface area (Å²) in [6, 6.07) is 5.98. The molecule has 1 atom stereocenters. The van der Waals surface area contributed by atoms with Crippen LogP contribution < -0.4 is 5.32 Å². The maximum Gasteiger partial charge on any atom is 0.120 e. The first kappa shape index (κ1) is 10.1. The zero-order chi connectivity index (χ0) is 9.84. The monoisotopic (exact) mass is 179 g/mol. The smallest absolute Gasteiger partial charge is 0.120 e. The van der Waals surface area contributed by atoms with Crippen molar-refractivity contribution in [3.8, 4) is 5.75 Å². The van der Waals surface area contributed by atoms with Gasteiger partial charge in [-0.25, -0.2) is 0 Å². The van der Waals surface area contributed by atoms with Gasteiger partial charge in [0.25, 0.3) is 0 Å². The first-order valence-corrected chi connectivity index (χ1v) is 4.68. The van der Waals surface area contributed by atoms with Gasteiger partial charge in [-0.3, -0.25) is 0 Å². The number of phenolic OH excluding ortho intramolecular Hbond substituents is 1. The van der Waals surface area contributed by atoms with Crippen LogP contribution in [0.25, 0.3) is 0 Å². The average Bonchev–Trinajstić information content (AvgIpc) is 2.17. The van der Waals surface area contributed by atoms with Crippen LogP contribution in [0, 0.1) is 0 Å². The van der Waals surface area contributed by atoms with Crippen molar-refractivity contribution in [2.24, 2.45) is 0 Å². The Morgan fingerprint density at radius 1 is 1.46 bits per heavy atom. The fourth-order valence-corrected chi connectivity index (χ4v) is 1.33. The highest BCUT2D eigenvalue weighted by Gasteiger charge is 2.08. The minimum Gasteiger partial charge on any atom is -0.508 e. The van der Waals surface area contributed by atoms with E-state index in [4.69, 9.17) is 0 Å². The number of hydrogen-bond donors (Lipinski definition) is 2. The predicted octanol–water partition coefficient (Wildman–Crippen LogP) is 2.24. The van der Waals surface area contributed by atoms with Gasteiger partial charge in [-0.05, 0) is 32.0 Å². The van der Waals surface area contributed by atoms with Crippen molar-refractivity contribution >= 4 is 0 Å². The summed E-state index contributed by atoms with van der Waals surface area (Å²) >= 11 is 0. The lowest BCUT2D eigenvalue weighted by molar-refractivity contribution is 0.457. The van der Waals surface area contributed by atoms with E-state index in [-0.39, 0.29) is 6.04 Å². The summed E-state index contributed by atoms with van der Waals surface area (Å²) in [5, 5.41) is 12.7. The molecule has 72 valence electrons. The molecule has 0 aliphatic heterocycles. The van der Waals surface area contributed by atoms with Gasteiger partial charge in [-0.1, -0.05) is 19.1 Å². The summed E-state index contributed by atoms with van der Waals surface area (Å²) in [6.07, 6.45) is 1.00. The van der Waals surface area contributed by atoms with Gasteiger partial charge in [0.15, 0.2) is 0 Å². The highest BCUT2D eigenvalue weighted by atomic mass is 16.3. The van der Waals surface area contributed by atoms with E-state index in [9.17, 15) is 5.11 Å². The molecule has 1 aromatic rings. The molecule has 2 nitrogen and oxygen atoms in total. The first-order valence-electron chi connectivity index (χ1n) is 4.68. The molecule has 0 spiro atoms. The van der Waals surface area contributed by atoms with E-state index in [1.54, 1.807) is 6.07 Å². The number of phenols is 1. The molecule has 0 aromatic heterocycles. The van der Waals surface area contributed by atoms with E-state index in [0.29, 0.717) is 5.75 Å². The van der Waals surface area contributed by atoms with Crippen molar-refractivity contribution in [3.05, 3.63) is 29.3 Å². The second-order valence-corrected chi connectivity index (χ2v) is 3.26. The van der Waals surface area contributed by atoms with Crippen molar-refractivity contribution in [1.29, 1.82) is 0 Å². The first-order chi connectivity index (χ1) is 6.19. The summed E-state index contributed by atoms with van der Waals surface area (Å²) in [5.41, 5.74) is 2.23. The largest absolute Gasteiger partial charge is 0.508 e. The Morgan fingerprint density at radius 3 is 2.69 bits per heavy atom. The molecule has 0 amide bonds. The molecule has 13 heavy (non-hydrogen) atoms. The Hall–Kier alpha value is -1.02. The van der Waals surface area contributed by atoms with Crippen LogP contribution in [-0.2, 0) is 6.42 Å². The Kier molecular flexibility index (Phi) is 3.32. The maximum atomic E-state index is 9.59. The van der Waals surface area contributed by atoms with Crippen LogP contribution in [0.5, 0.6) is 5.75 Å². The van der Waals surface area contributed by atoms with Crippen LogP contribution in [0.3, 0.4) is 0 Å². The fourth-order valence-electron chi connectivity index (χ4n) is 1.33. The minimum absolute atomic E-state index is 0.200. The third-order valence-corrected chi connectivity index (χ3v) is 2.40. The molecular weight excluding hydrogens is 162 g/mol. The van der Waals surface area contributed by atoms with Crippen molar-refractivity contribution in [3.63, 3.8) is 0 Å². The van der Waals surface area contributed by atoms with Crippen LogP contribution in [0.15, 0.2) is 18.2 Å². The zero-order valence-corrected chi connectivity index (χ0v) is 8.46. The summed E-state index contributed by atoms with van der Waals surface area (Å²) in [7, 11) is 1.89. The van der Waals surface area contributed by atoms with Gasteiger partial charge in [0.05, 0.1) is 0 Å². The Morgan fingerprint density at radius 2 is 2.15 bits per heavy atom. The minimum atomic E-state index is 0.200. The van der Waals surface area contributed by atoms with Crippen molar-refractivity contribution in [2.75, 3.05) is 7.05 Å². The molecule has 0 radical (unpaired) electrons. The normalized spacial score (nSPS) is 12.8. The van der Waals surface area contributed by atoms with E-state index in [2.05, 4.69) is 18.3 Å². The SMILES string of the molecule is CCc1ccc(O)c([C@@H](C)NC)c1. The topological polar surface area (TPSA) is 32.3 Å². The summed E-state index contributed by atoms with van der Waals surface area (Å²) in [6.45, 7) is 4.15. The Labute approximate surface area is 79.6 Å². The van der Waals surface area contributed by atoms with Crippen molar-refractivity contribution in [1.82, 2.24) is 5.32 Å². The van der Waals surface area contributed by atoms with Crippen molar-refractivity contribution < 1.29 is 5.11 Å². The number of aryl methyl sites for hydroxylation is 1. The summed E-state index contributed by atoms with van der Waals surface area (Å²) in [4.78, 5) is 0. The van der Waals surface area contributed by atoms with Gasteiger partial charge in [-0.2, -0.15) is 0 Å². The molecule has 0 saturated heterocycles. The number of benzene rings is 1. The molecule has 0 aliphatic rings. The molecule has 2 N–H and O–H groups in total. The molecule has 0 aliphatic carbocycles. The van der Waals surface area contributed by atoms with Crippen LogP contribution in [-0.4, -0.2) is 12.2 Å². The lowest BCUT2D eigenvalue weighted by Crippen LogP contribution is -2.12. The number of nitrogens with one attached hydrogen (secondary N) is 1. The average molecular weight is 179 g/mol. The molecule has 0 saturated carbocycles. The molecular formula is C11H17NO. The molecule has 1 aromatic carbocycles. The molecule has 1 rings (SSSR count). The highest BCUT2D eigenvalue weighted by molar-refractivity contribution is 5.38. The van der Waals surface area contributed by atoms with Crippen LogP contribution >= 0.6 is 0 Å². The standard InChI is InChI=1S/C11H17NO/c1-4-9-5-6-11(13)10(7-9)8(2)12-3/h5-8,12-13H,4H2,1-3H3/t8-/m1/s1. The van der Waals surface area contributed by atoms with Crippen LogP contribution in [0.1, 0.15) is 31.0 Å². The van der Waals surface area contributed by atoms with Gasteiger partial charge in [-0.15, -0.1) is 0 Å². The van der Waals surface area contributed by atoms with Crippen LogP contribution in [0.4, 0.5) is 0 Å². The van der Waals surface area contributed by atoms with Gasteiger partial charge in [0.2, 0.25) is 0 Å². The number of aromatic hydroxyl groups is 1. The molecule has 0 bridgehead atoms. The highest BCUT2D eigenvalue weighted by Crippen LogP contribution is 2.24. The van der Waals surface area contributed by atoms with E-state index >= 15 is 0 Å². The zero-order valence-electron chi connectivity index (χ0n) is 8.46. The van der Waals surface area contributed by atoms with E-state index in [0.717, 1.165) is 12.0 Å². The van der Waals surface area contributed by atoms with Crippen LogP contribution in [0.2, 0.25) is 0 Å². The maximum absolute atomic E-state index is 9.59. The second-order valence-electron chi connectivity index (χ2n) is 3.26. The molecule has 0 heterocycles. The quantitative estimate of drug-likeness (QED) is 0.745. The molecule has 0 unspecified atom stereocenters. The van der Waals surface area contributed by atoms with E-state index in [1.807, 2.05) is 20.0 Å². The third-order valence-electron chi connectivity index (χ3n) is 2.40. The number of rotatable bonds is 3. The summed E-state index contributed by atoms with van der Waals surface area (Å²) in [5.74, 6) is 0.374. The van der Waals surface area contributed by atoms with Gasteiger partial charge in [0.1, 0.15) is 5.75 Å². The second kappa shape index (κ2) is 4.28. The van der Waals surface area contributed by atoms with Gasteiger partial charge < -0.3 is 10.4 Å². The fraction of sp³-hybridized carbons (Fsp3) is 0.455. The van der Waals surface area contributed by atoms with Gasteiger partial charge in [0, 0.05) is 11.6 Å². The van der Waals surface area contributed by atoms with E-state index in [1.165, 1.54) is 5.56 Å². The lowest BCUT2D eigenvalue weighted by Gasteiger charge is -2.13. The Bertz CT molecular complexity index is 283. The van der Waals surface area contributed by atoms with Gasteiger partial charge >= 0.3 is 0 Å². The Balaban J connectivity index is 3.03.